The van der Waals surface area contributed by atoms with Gasteiger partial charge in [-0.3, -0.25) is 4.79 Å². The first-order chi connectivity index (χ1) is 8.24. The van der Waals surface area contributed by atoms with Gasteiger partial charge in [0.1, 0.15) is 0 Å². The number of benzene rings is 1. The van der Waals surface area contributed by atoms with E-state index in [2.05, 4.69) is 0 Å². The maximum Gasteiger partial charge on any atom is 0.164 e. The molecule has 4 heteroatoms. The van der Waals surface area contributed by atoms with Crippen molar-refractivity contribution >= 4 is 5.78 Å². The fraction of sp³-hybridized carbons (Fsp3) is 0.462. The number of ether oxygens (including phenoxy) is 2. The lowest BCUT2D eigenvalue weighted by Crippen LogP contribution is -2.08. The van der Waals surface area contributed by atoms with Gasteiger partial charge in [-0.05, 0) is 37.6 Å². The first-order valence-corrected chi connectivity index (χ1v) is 5.82. The van der Waals surface area contributed by atoms with Crippen LogP contribution in [0, 0.1) is 0 Å². The maximum atomic E-state index is 11.7. The van der Waals surface area contributed by atoms with Crippen molar-refractivity contribution < 1.29 is 14.3 Å². The summed E-state index contributed by atoms with van der Waals surface area (Å²) in [5, 5.41) is 0. The summed E-state index contributed by atoms with van der Waals surface area (Å²) in [6.45, 7) is 0.363. The highest BCUT2D eigenvalue weighted by Gasteiger charge is 2.25. The lowest BCUT2D eigenvalue weighted by Gasteiger charge is -2.11. The van der Waals surface area contributed by atoms with Crippen molar-refractivity contribution in [3.8, 4) is 11.5 Å². The molecule has 1 aliphatic carbocycles. The largest absolute Gasteiger partial charge is 0.493 e. The summed E-state index contributed by atoms with van der Waals surface area (Å²) in [6.07, 6.45) is 2.86. The van der Waals surface area contributed by atoms with Crippen LogP contribution in [-0.2, 0) is 0 Å². The molecule has 0 aliphatic heterocycles. The summed E-state index contributed by atoms with van der Waals surface area (Å²) in [4.78, 5) is 11.7. The third-order valence-electron chi connectivity index (χ3n) is 2.68. The van der Waals surface area contributed by atoms with Gasteiger partial charge in [0.15, 0.2) is 17.3 Å². The van der Waals surface area contributed by atoms with Gasteiger partial charge in [0.25, 0.3) is 0 Å². The quantitative estimate of drug-likeness (QED) is 0.763. The fourth-order valence-electron chi connectivity index (χ4n) is 1.58. The number of carbonyl (C=O) groups excluding carboxylic acids is 1. The van der Waals surface area contributed by atoms with Gasteiger partial charge in [0, 0.05) is 12.0 Å². The van der Waals surface area contributed by atoms with Crippen molar-refractivity contribution in [3.63, 3.8) is 0 Å². The molecule has 0 bridgehead atoms. The zero-order valence-corrected chi connectivity index (χ0v) is 9.94. The summed E-state index contributed by atoms with van der Waals surface area (Å²) in [5.41, 5.74) is 5.99. The molecule has 0 spiro atoms. The van der Waals surface area contributed by atoms with Gasteiger partial charge < -0.3 is 15.2 Å². The Morgan fingerprint density at radius 1 is 1.41 bits per heavy atom. The number of nitrogens with two attached hydrogens (primary N) is 1. The van der Waals surface area contributed by atoms with Gasteiger partial charge in [-0.15, -0.1) is 0 Å². The molecule has 17 heavy (non-hydrogen) atoms. The molecule has 1 aliphatic rings. The molecule has 1 fully saturated rings. The molecule has 1 saturated carbocycles. The van der Waals surface area contributed by atoms with Crippen LogP contribution in [-0.4, -0.2) is 25.5 Å². The predicted octanol–water partition coefficient (Wildman–Crippen LogP) is 1.77. The second-order valence-electron chi connectivity index (χ2n) is 4.14. The van der Waals surface area contributed by atoms with Gasteiger partial charge >= 0.3 is 0 Å². The van der Waals surface area contributed by atoms with E-state index in [-0.39, 0.29) is 5.78 Å². The zero-order chi connectivity index (χ0) is 12.3. The minimum atomic E-state index is 0.0313. The highest BCUT2D eigenvalue weighted by atomic mass is 16.5. The molecule has 0 saturated heterocycles. The van der Waals surface area contributed by atoms with Crippen LogP contribution in [0.5, 0.6) is 11.5 Å². The predicted molar refractivity (Wildman–Crippen MR) is 64.6 cm³/mol. The molecule has 2 rings (SSSR count). The lowest BCUT2D eigenvalue weighted by molar-refractivity contribution is 0.0985. The van der Waals surface area contributed by atoms with E-state index >= 15 is 0 Å². The third kappa shape index (κ3) is 2.97. The lowest BCUT2D eigenvalue weighted by atomic mass is 10.1. The first kappa shape index (κ1) is 11.9. The molecule has 0 heterocycles. The highest BCUT2D eigenvalue weighted by molar-refractivity contribution is 5.96. The van der Waals surface area contributed by atoms with E-state index in [1.54, 1.807) is 25.3 Å². The van der Waals surface area contributed by atoms with Crippen LogP contribution < -0.4 is 15.2 Å². The fourth-order valence-corrected chi connectivity index (χ4v) is 1.58. The molecule has 2 N–H and O–H groups in total. The van der Waals surface area contributed by atoms with Crippen LogP contribution in [0.25, 0.3) is 0 Å². The van der Waals surface area contributed by atoms with Crippen molar-refractivity contribution in [3.05, 3.63) is 23.8 Å². The average molecular weight is 235 g/mol. The van der Waals surface area contributed by atoms with Crippen LogP contribution in [0.4, 0.5) is 0 Å². The Balaban J connectivity index is 2.17. The topological polar surface area (TPSA) is 61.5 Å². The van der Waals surface area contributed by atoms with E-state index in [9.17, 15) is 4.79 Å². The van der Waals surface area contributed by atoms with Crippen molar-refractivity contribution in [2.75, 3.05) is 13.7 Å². The number of hydrogen-bond acceptors (Lipinski definition) is 4. The van der Waals surface area contributed by atoms with E-state index in [1.807, 2.05) is 0 Å². The molecule has 4 nitrogen and oxygen atoms in total. The molecular weight excluding hydrogens is 218 g/mol. The van der Waals surface area contributed by atoms with Crippen molar-refractivity contribution in [2.24, 2.45) is 5.73 Å². The minimum Gasteiger partial charge on any atom is -0.493 e. The standard InChI is InChI=1S/C13H17NO3/c1-16-13-8-9(11(15)6-7-14)2-5-12(13)17-10-3-4-10/h2,5,8,10H,3-4,6-7,14H2,1H3. The van der Waals surface area contributed by atoms with Gasteiger partial charge in [-0.25, -0.2) is 0 Å². The molecule has 0 unspecified atom stereocenters. The summed E-state index contributed by atoms with van der Waals surface area (Å²) in [7, 11) is 1.58. The Hall–Kier alpha value is -1.55. The van der Waals surface area contributed by atoms with Crippen LogP contribution in [0.15, 0.2) is 18.2 Å². The van der Waals surface area contributed by atoms with E-state index in [1.165, 1.54) is 0 Å². The normalized spacial score (nSPS) is 14.5. The van der Waals surface area contributed by atoms with Crippen molar-refractivity contribution in [1.29, 1.82) is 0 Å². The average Bonchev–Trinajstić information content (AvgIpc) is 3.14. The Labute approximate surface area is 101 Å². The van der Waals surface area contributed by atoms with Gasteiger partial charge in [-0.1, -0.05) is 0 Å². The first-order valence-electron chi connectivity index (χ1n) is 5.82. The molecule has 0 atom stereocenters. The number of hydrogen-bond donors (Lipinski definition) is 1. The number of ketones is 1. The number of Topliss-reactive ketones (excluding diaryl/α,β-unsaturated/α-hetero) is 1. The Bertz CT molecular complexity index is 413. The molecular formula is C13H17NO3. The maximum absolute atomic E-state index is 11.7. The van der Waals surface area contributed by atoms with Crippen LogP contribution >= 0.6 is 0 Å². The molecule has 0 amide bonds. The number of carbonyl (C=O) groups is 1. The van der Waals surface area contributed by atoms with Crippen molar-refractivity contribution in [2.45, 2.75) is 25.4 Å². The SMILES string of the molecule is COc1cc(C(=O)CCN)ccc1OC1CC1. The van der Waals surface area contributed by atoms with Gasteiger partial charge in [0.2, 0.25) is 0 Å². The van der Waals surface area contributed by atoms with E-state index < -0.39 is 0 Å². The number of methoxy groups -OCH3 is 1. The molecule has 1 aromatic rings. The second kappa shape index (κ2) is 5.19. The highest BCUT2D eigenvalue weighted by Crippen LogP contribution is 2.34. The summed E-state index contributed by atoms with van der Waals surface area (Å²) >= 11 is 0. The summed E-state index contributed by atoms with van der Waals surface area (Å²) in [5.74, 6) is 1.35. The van der Waals surface area contributed by atoms with E-state index in [0.717, 1.165) is 12.8 Å². The monoisotopic (exact) mass is 235 g/mol. The summed E-state index contributed by atoms with van der Waals surface area (Å²) < 4.78 is 10.9. The Kier molecular flexibility index (Phi) is 3.64. The van der Waals surface area contributed by atoms with Gasteiger partial charge in [0.05, 0.1) is 13.2 Å². The third-order valence-corrected chi connectivity index (χ3v) is 2.68. The van der Waals surface area contributed by atoms with Crippen LogP contribution in [0.1, 0.15) is 29.6 Å². The zero-order valence-electron chi connectivity index (χ0n) is 9.94. The molecule has 92 valence electrons. The van der Waals surface area contributed by atoms with E-state index in [4.69, 9.17) is 15.2 Å². The minimum absolute atomic E-state index is 0.0313. The smallest absolute Gasteiger partial charge is 0.164 e. The molecule has 1 aromatic carbocycles. The second-order valence-corrected chi connectivity index (χ2v) is 4.14. The van der Waals surface area contributed by atoms with E-state index in [0.29, 0.717) is 36.1 Å². The molecule has 0 radical (unpaired) electrons. The Morgan fingerprint density at radius 3 is 2.76 bits per heavy atom. The molecule has 0 aromatic heterocycles. The van der Waals surface area contributed by atoms with Crippen LogP contribution in [0.2, 0.25) is 0 Å². The van der Waals surface area contributed by atoms with Crippen LogP contribution in [0.3, 0.4) is 0 Å². The van der Waals surface area contributed by atoms with Gasteiger partial charge in [-0.2, -0.15) is 0 Å². The summed E-state index contributed by atoms with van der Waals surface area (Å²) in [6, 6.07) is 5.27. The van der Waals surface area contributed by atoms with Crippen molar-refractivity contribution in [1.82, 2.24) is 0 Å². The Morgan fingerprint density at radius 2 is 2.18 bits per heavy atom. The number of rotatable bonds is 6.